The molecule has 0 saturated carbocycles. The van der Waals surface area contributed by atoms with Gasteiger partial charge in [-0.2, -0.15) is 0 Å². The van der Waals surface area contributed by atoms with Crippen LogP contribution in [0.2, 0.25) is 0 Å². The fourth-order valence-electron chi connectivity index (χ4n) is 14.0. The minimum Gasteiger partial charge on any atom is -0.310 e. The van der Waals surface area contributed by atoms with E-state index in [0.29, 0.717) is 0 Å². The van der Waals surface area contributed by atoms with Gasteiger partial charge in [-0.3, -0.25) is 0 Å². The number of nitrogens with zero attached hydrogens (tertiary/aromatic N) is 2. The molecule has 2 heteroatoms. The molecular formula is C71H50N2. The Labute approximate surface area is 427 Å². The average molecular weight is 931 g/mol. The van der Waals surface area contributed by atoms with Crippen molar-refractivity contribution in [2.75, 3.05) is 9.80 Å². The second-order valence-electron chi connectivity index (χ2n) is 20.7. The molecule has 0 bridgehead atoms. The molecule has 0 saturated heterocycles. The van der Waals surface area contributed by atoms with Crippen molar-refractivity contribution in [3.63, 3.8) is 0 Å². The van der Waals surface area contributed by atoms with Crippen LogP contribution in [0.4, 0.5) is 34.1 Å². The van der Waals surface area contributed by atoms with Crippen molar-refractivity contribution >= 4 is 34.1 Å². The third kappa shape index (κ3) is 5.53. The zero-order chi connectivity index (χ0) is 48.5. The summed E-state index contributed by atoms with van der Waals surface area (Å²) in [6.07, 6.45) is 0. The van der Waals surface area contributed by atoms with Crippen LogP contribution < -0.4 is 9.80 Å². The summed E-state index contributed by atoms with van der Waals surface area (Å²) in [5, 5.41) is 0. The Hall–Kier alpha value is -8.98. The third-order valence-corrected chi connectivity index (χ3v) is 16.9. The maximum atomic E-state index is 2.59. The highest BCUT2D eigenvalue weighted by Gasteiger charge is 2.53. The molecule has 0 amide bonds. The molecule has 1 spiro atoms. The Balaban J connectivity index is 1.03. The topological polar surface area (TPSA) is 6.48 Å². The molecule has 0 N–H and O–H groups in total. The van der Waals surface area contributed by atoms with Gasteiger partial charge < -0.3 is 9.80 Å². The van der Waals surface area contributed by atoms with Crippen LogP contribution in [0, 0.1) is 0 Å². The highest BCUT2D eigenvalue weighted by Crippen LogP contribution is 2.66. The highest BCUT2D eigenvalue weighted by molar-refractivity contribution is 6.02. The molecule has 0 atom stereocenters. The number of anilines is 6. The van der Waals surface area contributed by atoms with E-state index in [9.17, 15) is 0 Å². The molecule has 4 aliphatic rings. The number of benzene rings is 11. The zero-order valence-electron chi connectivity index (χ0n) is 40.8. The van der Waals surface area contributed by atoms with E-state index in [1.807, 2.05) is 0 Å². The van der Waals surface area contributed by atoms with Gasteiger partial charge in [-0.1, -0.05) is 226 Å². The van der Waals surface area contributed by atoms with E-state index < -0.39 is 10.8 Å². The Kier molecular flexibility index (Phi) is 8.87. The molecule has 15 rings (SSSR count). The Morgan fingerprint density at radius 2 is 0.726 bits per heavy atom. The van der Waals surface area contributed by atoms with Gasteiger partial charge in [-0.05, 0) is 138 Å². The van der Waals surface area contributed by atoms with Crippen LogP contribution in [0.15, 0.2) is 267 Å². The monoisotopic (exact) mass is 930 g/mol. The van der Waals surface area contributed by atoms with Crippen LogP contribution in [-0.2, 0) is 16.2 Å². The standard InChI is InChI=1S/C71H50N2/c1-69(2)57-32-15-12-29-52(57)54-43-41-50(45-63(54)69)72(51-42-44-55-53-30-13-16-33-58(53)70(64(55)46-51,47-23-6-3-7-24-47)48-25-8-4-9-26-48)67-40-22-37-62-68(67)56-31-14-17-34-59(56)71(62)60-35-18-20-38-65(60)73(49-27-10-5-11-28-49)66-39-21-19-36-61(66)71/h3-46H,1-2H3. The number of rotatable bonds is 6. The maximum absolute atomic E-state index is 2.59. The molecule has 11 aromatic rings. The lowest BCUT2D eigenvalue weighted by atomic mass is 9.64. The molecule has 2 nitrogen and oxygen atoms in total. The van der Waals surface area contributed by atoms with E-state index in [4.69, 9.17) is 0 Å². The molecule has 73 heavy (non-hydrogen) atoms. The Morgan fingerprint density at radius 1 is 0.301 bits per heavy atom. The summed E-state index contributed by atoms with van der Waals surface area (Å²) < 4.78 is 0. The second kappa shape index (κ2) is 15.5. The molecule has 0 aromatic heterocycles. The van der Waals surface area contributed by atoms with Gasteiger partial charge in [0.15, 0.2) is 0 Å². The van der Waals surface area contributed by atoms with Crippen LogP contribution in [0.25, 0.3) is 33.4 Å². The van der Waals surface area contributed by atoms with Crippen LogP contribution in [0.3, 0.4) is 0 Å². The first-order valence-corrected chi connectivity index (χ1v) is 25.7. The van der Waals surface area contributed by atoms with Crippen molar-refractivity contribution in [3.05, 3.63) is 323 Å². The van der Waals surface area contributed by atoms with Crippen molar-refractivity contribution in [3.8, 4) is 33.4 Å². The van der Waals surface area contributed by atoms with E-state index in [1.165, 1.54) is 100 Å². The van der Waals surface area contributed by atoms with Gasteiger partial charge >= 0.3 is 0 Å². The minimum atomic E-state index is -0.608. The molecule has 11 aromatic carbocycles. The van der Waals surface area contributed by atoms with Gasteiger partial charge in [0.1, 0.15) is 0 Å². The van der Waals surface area contributed by atoms with Crippen LogP contribution in [-0.4, -0.2) is 0 Å². The molecule has 1 heterocycles. The fourth-order valence-corrected chi connectivity index (χ4v) is 14.0. The SMILES string of the molecule is CC1(C)c2ccccc2-c2ccc(N(c3ccc4c(c3)C(c3ccccc3)(c3ccccc3)c3ccccc3-4)c3cccc4c3-c3ccccc3C43c4ccccc4N(c4ccccc4)c4ccccc43)cc21. The summed E-state index contributed by atoms with van der Waals surface area (Å²) in [7, 11) is 0. The summed E-state index contributed by atoms with van der Waals surface area (Å²) >= 11 is 0. The molecular weight excluding hydrogens is 881 g/mol. The lowest BCUT2D eigenvalue weighted by Crippen LogP contribution is -2.36. The van der Waals surface area contributed by atoms with E-state index in [-0.39, 0.29) is 5.41 Å². The van der Waals surface area contributed by atoms with Crippen molar-refractivity contribution in [2.45, 2.75) is 30.1 Å². The van der Waals surface area contributed by atoms with Gasteiger partial charge in [0.25, 0.3) is 0 Å². The molecule has 1 aliphatic heterocycles. The normalized spacial score (nSPS) is 15.0. The Morgan fingerprint density at radius 3 is 1.33 bits per heavy atom. The number of hydrogen-bond acceptors (Lipinski definition) is 2. The first-order valence-electron chi connectivity index (χ1n) is 25.7. The van der Waals surface area contributed by atoms with Crippen molar-refractivity contribution < 1.29 is 0 Å². The number of fused-ring (bicyclic) bond motifs is 15. The van der Waals surface area contributed by atoms with Gasteiger partial charge in [0, 0.05) is 28.0 Å². The summed E-state index contributed by atoms with van der Waals surface area (Å²) in [5.41, 5.74) is 26.2. The fraction of sp³-hybridized carbons (Fsp3) is 0.0704. The number of hydrogen-bond donors (Lipinski definition) is 0. The van der Waals surface area contributed by atoms with Crippen LogP contribution >= 0.6 is 0 Å². The summed E-state index contributed by atoms with van der Waals surface area (Å²) in [5.74, 6) is 0. The van der Waals surface area contributed by atoms with Crippen LogP contribution in [0.5, 0.6) is 0 Å². The maximum Gasteiger partial charge on any atom is 0.0755 e. The first-order chi connectivity index (χ1) is 36.0. The third-order valence-electron chi connectivity index (χ3n) is 16.9. The quantitative estimate of drug-likeness (QED) is 0.164. The van der Waals surface area contributed by atoms with Crippen molar-refractivity contribution in [1.29, 1.82) is 0 Å². The van der Waals surface area contributed by atoms with Crippen molar-refractivity contribution in [1.82, 2.24) is 0 Å². The largest absolute Gasteiger partial charge is 0.310 e. The predicted molar refractivity (Wildman–Crippen MR) is 302 cm³/mol. The molecule has 3 aliphatic carbocycles. The molecule has 0 fully saturated rings. The lowest BCUT2D eigenvalue weighted by molar-refractivity contribution is 0.660. The summed E-state index contributed by atoms with van der Waals surface area (Å²) in [4.78, 5) is 5.06. The highest BCUT2D eigenvalue weighted by atomic mass is 15.2. The van der Waals surface area contributed by atoms with E-state index in [2.05, 4.69) is 291 Å². The predicted octanol–water partition coefficient (Wildman–Crippen LogP) is 18.0. The van der Waals surface area contributed by atoms with Crippen molar-refractivity contribution in [2.24, 2.45) is 0 Å². The van der Waals surface area contributed by atoms with Gasteiger partial charge in [0.2, 0.25) is 0 Å². The van der Waals surface area contributed by atoms with Crippen LogP contribution in [0.1, 0.15) is 69.5 Å². The minimum absolute atomic E-state index is 0.196. The van der Waals surface area contributed by atoms with E-state index in [1.54, 1.807) is 0 Å². The first kappa shape index (κ1) is 41.8. The van der Waals surface area contributed by atoms with Gasteiger partial charge in [0.05, 0.1) is 27.9 Å². The zero-order valence-corrected chi connectivity index (χ0v) is 40.8. The lowest BCUT2D eigenvalue weighted by Gasteiger charge is -2.45. The molecule has 344 valence electrons. The van der Waals surface area contributed by atoms with E-state index >= 15 is 0 Å². The van der Waals surface area contributed by atoms with Gasteiger partial charge in [-0.15, -0.1) is 0 Å². The second-order valence-corrected chi connectivity index (χ2v) is 20.7. The molecule has 0 radical (unpaired) electrons. The number of para-hydroxylation sites is 3. The van der Waals surface area contributed by atoms with Gasteiger partial charge in [-0.25, -0.2) is 0 Å². The Bertz CT molecular complexity index is 3930. The van der Waals surface area contributed by atoms with E-state index in [0.717, 1.165) is 22.7 Å². The smallest absolute Gasteiger partial charge is 0.0755 e. The summed E-state index contributed by atoms with van der Waals surface area (Å²) in [6, 6.07) is 100. The summed E-state index contributed by atoms with van der Waals surface area (Å²) in [6.45, 7) is 4.78. The average Bonchev–Trinajstić information content (AvgIpc) is 4.01. The molecule has 0 unspecified atom stereocenters.